The van der Waals surface area contributed by atoms with Gasteiger partial charge in [0, 0.05) is 6.08 Å². The van der Waals surface area contributed by atoms with Crippen molar-refractivity contribution in [3.05, 3.63) is 23.8 Å². The monoisotopic (exact) mass is 404 g/mol. The molecule has 0 radical (unpaired) electrons. The summed E-state index contributed by atoms with van der Waals surface area (Å²) < 4.78 is 4.45. The normalized spacial score (nSPS) is 14.0. The standard InChI is InChI=1S/C26H44O3/c1-2-3-4-5-6-7-8-9-10-11-12-13-14-15-16-17-18-19-20-21-22-24-23-25(27)29-26(24)28/h21-23H,2-20H2,1H3. The molecule has 0 spiro atoms. The molecule has 0 saturated carbocycles. The first-order valence-corrected chi connectivity index (χ1v) is 12.4. The van der Waals surface area contributed by atoms with Crippen LogP contribution in [0.25, 0.3) is 0 Å². The van der Waals surface area contributed by atoms with E-state index in [9.17, 15) is 9.59 Å². The molecule has 0 N–H and O–H groups in total. The predicted molar refractivity (Wildman–Crippen MR) is 122 cm³/mol. The maximum Gasteiger partial charge on any atom is 0.346 e. The number of ether oxygens (including phenoxy) is 1. The van der Waals surface area contributed by atoms with Crippen LogP contribution in [-0.2, 0) is 14.3 Å². The van der Waals surface area contributed by atoms with E-state index in [0.717, 1.165) is 12.8 Å². The van der Waals surface area contributed by atoms with Gasteiger partial charge in [0.1, 0.15) is 0 Å². The van der Waals surface area contributed by atoms with Gasteiger partial charge in [-0.05, 0) is 12.8 Å². The zero-order chi connectivity index (χ0) is 21.0. The van der Waals surface area contributed by atoms with E-state index in [1.165, 1.54) is 115 Å². The summed E-state index contributed by atoms with van der Waals surface area (Å²) in [5.74, 6) is -1.08. The summed E-state index contributed by atoms with van der Waals surface area (Å²) in [5, 5.41) is 0. The van der Waals surface area contributed by atoms with E-state index in [1.807, 2.05) is 6.08 Å². The highest BCUT2D eigenvalue weighted by molar-refractivity contribution is 6.10. The number of cyclic esters (lactones) is 2. The van der Waals surface area contributed by atoms with Crippen LogP contribution < -0.4 is 0 Å². The lowest BCUT2D eigenvalue weighted by Gasteiger charge is -2.03. The van der Waals surface area contributed by atoms with Gasteiger partial charge in [-0.2, -0.15) is 0 Å². The van der Waals surface area contributed by atoms with E-state index in [4.69, 9.17) is 0 Å². The number of hydrogen-bond donors (Lipinski definition) is 0. The number of rotatable bonds is 20. The van der Waals surface area contributed by atoms with Gasteiger partial charge in [-0.3, -0.25) is 0 Å². The van der Waals surface area contributed by atoms with Crippen molar-refractivity contribution in [3.63, 3.8) is 0 Å². The number of allylic oxidation sites excluding steroid dienone is 1. The number of carbonyl (C=O) groups is 2. The number of unbranched alkanes of at least 4 members (excludes halogenated alkanes) is 18. The Morgan fingerprint density at radius 3 is 1.45 bits per heavy atom. The third-order valence-corrected chi connectivity index (χ3v) is 5.72. The molecular weight excluding hydrogens is 360 g/mol. The number of hydrogen-bond acceptors (Lipinski definition) is 3. The fourth-order valence-corrected chi connectivity index (χ4v) is 3.86. The summed E-state index contributed by atoms with van der Waals surface area (Å²) in [6, 6.07) is 0. The van der Waals surface area contributed by atoms with Gasteiger partial charge >= 0.3 is 11.9 Å². The van der Waals surface area contributed by atoms with E-state index < -0.39 is 11.9 Å². The van der Waals surface area contributed by atoms with Gasteiger partial charge in [0.15, 0.2) is 0 Å². The van der Waals surface area contributed by atoms with Gasteiger partial charge in [0.05, 0.1) is 5.57 Å². The Bertz CT molecular complexity index is 490. The van der Waals surface area contributed by atoms with Crippen LogP contribution in [0.2, 0.25) is 0 Å². The molecule has 1 heterocycles. The van der Waals surface area contributed by atoms with Crippen molar-refractivity contribution in [2.45, 2.75) is 129 Å². The Hall–Kier alpha value is -1.38. The Labute approximate surface area is 179 Å². The molecule has 166 valence electrons. The molecule has 1 aliphatic rings. The van der Waals surface area contributed by atoms with E-state index in [1.54, 1.807) is 6.08 Å². The molecular formula is C26H44O3. The summed E-state index contributed by atoms with van der Waals surface area (Å²) in [5.41, 5.74) is 0.373. The van der Waals surface area contributed by atoms with Crippen LogP contribution in [-0.4, -0.2) is 11.9 Å². The van der Waals surface area contributed by atoms with Gasteiger partial charge in [0.25, 0.3) is 0 Å². The lowest BCUT2D eigenvalue weighted by Crippen LogP contribution is -2.00. The summed E-state index contributed by atoms with van der Waals surface area (Å²) >= 11 is 0. The maximum atomic E-state index is 11.3. The van der Waals surface area contributed by atoms with Crippen molar-refractivity contribution in [3.8, 4) is 0 Å². The molecule has 0 unspecified atom stereocenters. The highest BCUT2D eigenvalue weighted by Gasteiger charge is 2.20. The smallest absolute Gasteiger partial charge is 0.346 e. The van der Waals surface area contributed by atoms with Crippen LogP contribution in [0.5, 0.6) is 0 Å². The van der Waals surface area contributed by atoms with E-state index in [-0.39, 0.29) is 0 Å². The quantitative estimate of drug-likeness (QED) is 0.117. The molecule has 0 saturated heterocycles. The first-order chi connectivity index (χ1) is 14.2. The molecule has 3 heteroatoms. The molecule has 0 fully saturated rings. The Kier molecular flexibility index (Phi) is 16.5. The Morgan fingerprint density at radius 1 is 0.655 bits per heavy atom. The van der Waals surface area contributed by atoms with E-state index in [0.29, 0.717) is 5.57 Å². The molecule has 1 rings (SSSR count). The summed E-state index contributed by atoms with van der Waals surface area (Å²) in [4.78, 5) is 22.2. The first kappa shape index (κ1) is 25.7. The molecule has 0 aromatic carbocycles. The molecule has 0 bridgehead atoms. The third-order valence-electron chi connectivity index (χ3n) is 5.72. The summed E-state index contributed by atoms with van der Waals surface area (Å²) in [7, 11) is 0. The summed E-state index contributed by atoms with van der Waals surface area (Å²) in [6.07, 6.45) is 30.8. The van der Waals surface area contributed by atoms with Gasteiger partial charge < -0.3 is 4.74 Å². The molecule has 0 aliphatic carbocycles. The van der Waals surface area contributed by atoms with Crippen molar-refractivity contribution in [2.75, 3.05) is 0 Å². The fourth-order valence-electron chi connectivity index (χ4n) is 3.86. The van der Waals surface area contributed by atoms with Crippen LogP contribution in [0.3, 0.4) is 0 Å². The average molecular weight is 405 g/mol. The molecule has 0 amide bonds. The molecule has 0 atom stereocenters. The zero-order valence-electron chi connectivity index (χ0n) is 18.9. The van der Waals surface area contributed by atoms with E-state index >= 15 is 0 Å². The maximum absolute atomic E-state index is 11.3. The second-order valence-corrected chi connectivity index (χ2v) is 8.51. The minimum Gasteiger partial charge on any atom is -0.386 e. The third kappa shape index (κ3) is 15.2. The zero-order valence-corrected chi connectivity index (χ0v) is 18.9. The molecule has 29 heavy (non-hydrogen) atoms. The summed E-state index contributed by atoms with van der Waals surface area (Å²) in [6.45, 7) is 2.28. The average Bonchev–Trinajstić information content (AvgIpc) is 3.03. The first-order valence-electron chi connectivity index (χ1n) is 12.4. The molecule has 1 aliphatic heterocycles. The van der Waals surface area contributed by atoms with Crippen LogP contribution in [0.15, 0.2) is 23.8 Å². The van der Waals surface area contributed by atoms with Crippen molar-refractivity contribution < 1.29 is 14.3 Å². The van der Waals surface area contributed by atoms with Gasteiger partial charge in [0.2, 0.25) is 0 Å². The Morgan fingerprint density at radius 2 is 1.07 bits per heavy atom. The van der Waals surface area contributed by atoms with Gasteiger partial charge in [-0.15, -0.1) is 0 Å². The minimum absolute atomic E-state index is 0.373. The second-order valence-electron chi connectivity index (χ2n) is 8.51. The largest absolute Gasteiger partial charge is 0.386 e. The lowest BCUT2D eigenvalue weighted by atomic mass is 10.0. The highest BCUT2D eigenvalue weighted by Crippen LogP contribution is 2.15. The topological polar surface area (TPSA) is 43.4 Å². The number of carbonyl (C=O) groups excluding carboxylic acids is 2. The predicted octanol–water partition coefficient (Wildman–Crippen LogP) is 7.98. The molecule has 0 aromatic heterocycles. The van der Waals surface area contributed by atoms with Crippen molar-refractivity contribution >= 4 is 11.9 Å². The second kappa shape index (κ2) is 18.6. The van der Waals surface area contributed by atoms with E-state index in [2.05, 4.69) is 11.7 Å². The van der Waals surface area contributed by atoms with Crippen molar-refractivity contribution in [1.29, 1.82) is 0 Å². The van der Waals surface area contributed by atoms with Crippen molar-refractivity contribution in [1.82, 2.24) is 0 Å². The fraction of sp³-hybridized carbons (Fsp3) is 0.769. The molecule has 3 nitrogen and oxygen atoms in total. The van der Waals surface area contributed by atoms with Gasteiger partial charge in [-0.25, -0.2) is 9.59 Å². The lowest BCUT2D eigenvalue weighted by molar-refractivity contribution is -0.150. The molecule has 0 aromatic rings. The number of esters is 2. The Balaban J connectivity index is 1.74. The van der Waals surface area contributed by atoms with Crippen molar-refractivity contribution in [2.24, 2.45) is 0 Å². The highest BCUT2D eigenvalue weighted by atomic mass is 16.6. The van der Waals surface area contributed by atoms with Crippen LogP contribution in [0, 0.1) is 0 Å². The van der Waals surface area contributed by atoms with Crippen LogP contribution in [0.4, 0.5) is 0 Å². The SMILES string of the molecule is CCCCCCCCCCCCCCCCCCCCC=CC1=CC(=O)OC1=O. The van der Waals surface area contributed by atoms with Crippen LogP contribution >= 0.6 is 0 Å². The minimum atomic E-state index is -0.553. The van der Waals surface area contributed by atoms with Gasteiger partial charge in [-0.1, -0.05) is 128 Å². The van der Waals surface area contributed by atoms with Crippen LogP contribution in [0.1, 0.15) is 129 Å².